The highest BCUT2D eigenvalue weighted by Crippen LogP contribution is 2.07. The first-order valence-corrected chi connectivity index (χ1v) is 5.43. The maximum atomic E-state index is 4.26. The second kappa shape index (κ2) is 5.04. The molecule has 5 heteroatoms. The number of hydrogen-bond donors (Lipinski definition) is 2. The molecule has 2 aromatic rings. The summed E-state index contributed by atoms with van der Waals surface area (Å²) in [4.78, 5) is 11.4. The SMILES string of the molecule is Brc1ccc(CNCc2ncc[nH]2)nc1. The van der Waals surface area contributed by atoms with Gasteiger partial charge in [0.15, 0.2) is 0 Å². The monoisotopic (exact) mass is 266 g/mol. The molecule has 0 bridgehead atoms. The Morgan fingerprint density at radius 3 is 2.87 bits per heavy atom. The summed E-state index contributed by atoms with van der Waals surface area (Å²) in [6.45, 7) is 1.47. The van der Waals surface area contributed by atoms with Crippen LogP contribution in [0.25, 0.3) is 0 Å². The van der Waals surface area contributed by atoms with E-state index in [9.17, 15) is 0 Å². The van der Waals surface area contributed by atoms with Gasteiger partial charge in [0.25, 0.3) is 0 Å². The molecule has 0 aliphatic heterocycles. The van der Waals surface area contributed by atoms with Crippen LogP contribution >= 0.6 is 15.9 Å². The molecule has 2 N–H and O–H groups in total. The molecular formula is C10H11BrN4. The van der Waals surface area contributed by atoms with E-state index in [-0.39, 0.29) is 0 Å². The number of halogens is 1. The van der Waals surface area contributed by atoms with E-state index in [1.807, 2.05) is 18.3 Å². The first kappa shape index (κ1) is 10.3. The fourth-order valence-electron chi connectivity index (χ4n) is 1.21. The number of H-pyrrole nitrogens is 1. The van der Waals surface area contributed by atoms with Crippen molar-refractivity contribution in [3.05, 3.63) is 46.7 Å². The van der Waals surface area contributed by atoms with Crippen molar-refractivity contribution in [1.29, 1.82) is 0 Å². The van der Waals surface area contributed by atoms with Gasteiger partial charge in [0.1, 0.15) is 5.82 Å². The molecular weight excluding hydrogens is 256 g/mol. The Hall–Kier alpha value is -1.20. The van der Waals surface area contributed by atoms with Crippen molar-refractivity contribution < 1.29 is 0 Å². The number of imidazole rings is 1. The zero-order valence-corrected chi connectivity index (χ0v) is 9.66. The summed E-state index contributed by atoms with van der Waals surface area (Å²) in [5.74, 6) is 0.937. The lowest BCUT2D eigenvalue weighted by molar-refractivity contribution is 0.657. The van der Waals surface area contributed by atoms with E-state index in [1.165, 1.54) is 0 Å². The highest BCUT2D eigenvalue weighted by atomic mass is 79.9. The first-order valence-electron chi connectivity index (χ1n) is 4.64. The average Bonchev–Trinajstić information content (AvgIpc) is 2.74. The molecule has 2 aromatic heterocycles. The van der Waals surface area contributed by atoms with Gasteiger partial charge in [-0.15, -0.1) is 0 Å². The molecule has 4 nitrogen and oxygen atoms in total. The Bertz CT molecular complexity index is 396. The molecule has 0 atom stereocenters. The van der Waals surface area contributed by atoms with E-state index < -0.39 is 0 Å². The topological polar surface area (TPSA) is 53.6 Å². The molecule has 0 fully saturated rings. The van der Waals surface area contributed by atoms with Gasteiger partial charge in [-0.05, 0) is 28.1 Å². The van der Waals surface area contributed by atoms with Gasteiger partial charge in [-0.3, -0.25) is 4.98 Å². The van der Waals surface area contributed by atoms with Crippen LogP contribution in [0.4, 0.5) is 0 Å². The zero-order valence-electron chi connectivity index (χ0n) is 8.07. The number of nitrogens with one attached hydrogen (secondary N) is 2. The molecule has 0 unspecified atom stereocenters. The van der Waals surface area contributed by atoms with Gasteiger partial charge in [-0.2, -0.15) is 0 Å². The van der Waals surface area contributed by atoms with Crippen molar-refractivity contribution >= 4 is 15.9 Å². The van der Waals surface area contributed by atoms with Crippen LogP contribution in [0.15, 0.2) is 35.2 Å². The number of hydrogen-bond acceptors (Lipinski definition) is 3. The molecule has 0 radical (unpaired) electrons. The van der Waals surface area contributed by atoms with E-state index in [0.717, 1.165) is 29.1 Å². The summed E-state index contributed by atoms with van der Waals surface area (Å²) in [7, 11) is 0. The number of pyridine rings is 1. The summed E-state index contributed by atoms with van der Waals surface area (Å²) >= 11 is 3.35. The van der Waals surface area contributed by atoms with Gasteiger partial charge in [0, 0.05) is 29.6 Å². The Kier molecular flexibility index (Phi) is 3.47. The van der Waals surface area contributed by atoms with Gasteiger partial charge >= 0.3 is 0 Å². The van der Waals surface area contributed by atoms with Crippen LogP contribution in [0, 0.1) is 0 Å². The predicted molar refractivity (Wildman–Crippen MR) is 61.1 cm³/mol. The average molecular weight is 267 g/mol. The summed E-state index contributed by atoms with van der Waals surface area (Å²) < 4.78 is 0.997. The lowest BCUT2D eigenvalue weighted by Crippen LogP contribution is -2.14. The Balaban J connectivity index is 1.81. The van der Waals surface area contributed by atoms with E-state index in [2.05, 4.69) is 36.2 Å². The molecule has 0 saturated carbocycles. The van der Waals surface area contributed by atoms with Gasteiger partial charge in [0.05, 0.1) is 12.2 Å². The maximum Gasteiger partial charge on any atom is 0.120 e. The summed E-state index contributed by atoms with van der Waals surface area (Å²) in [6, 6.07) is 3.97. The van der Waals surface area contributed by atoms with Gasteiger partial charge in [0.2, 0.25) is 0 Å². The lowest BCUT2D eigenvalue weighted by atomic mass is 10.3. The van der Waals surface area contributed by atoms with Crippen molar-refractivity contribution in [2.45, 2.75) is 13.1 Å². The van der Waals surface area contributed by atoms with E-state index in [0.29, 0.717) is 0 Å². The van der Waals surface area contributed by atoms with Crippen LogP contribution in [0.1, 0.15) is 11.5 Å². The quantitative estimate of drug-likeness (QED) is 0.889. The fraction of sp³-hybridized carbons (Fsp3) is 0.200. The highest BCUT2D eigenvalue weighted by Gasteiger charge is 1.96. The second-order valence-electron chi connectivity index (χ2n) is 3.11. The van der Waals surface area contributed by atoms with E-state index >= 15 is 0 Å². The molecule has 0 aromatic carbocycles. The second-order valence-corrected chi connectivity index (χ2v) is 4.02. The highest BCUT2D eigenvalue weighted by molar-refractivity contribution is 9.10. The van der Waals surface area contributed by atoms with Gasteiger partial charge in [-0.1, -0.05) is 0 Å². The Labute approximate surface area is 96.3 Å². The van der Waals surface area contributed by atoms with Crippen molar-refractivity contribution in [3.63, 3.8) is 0 Å². The predicted octanol–water partition coefficient (Wildman–Crippen LogP) is 1.86. The molecule has 15 heavy (non-hydrogen) atoms. The van der Waals surface area contributed by atoms with Crippen LogP contribution in [0.3, 0.4) is 0 Å². The summed E-state index contributed by atoms with van der Waals surface area (Å²) in [5, 5.41) is 3.25. The minimum absolute atomic E-state index is 0.727. The van der Waals surface area contributed by atoms with Crippen molar-refractivity contribution in [3.8, 4) is 0 Å². The molecule has 2 heterocycles. The minimum atomic E-state index is 0.727. The van der Waals surface area contributed by atoms with Crippen molar-refractivity contribution in [2.24, 2.45) is 0 Å². The largest absolute Gasteiger partial charge is 0.348 e. The molecule has 0 spiro atoms. The molecule has 0 aliphatic rings. The smallest absolute Gasteiger partial charge is 0.120 e. The van der Waals surface area contributed by atoms with Crippen LogP contribution in [-0.4, -0.2) is 15.0 Å². The maximum absolute atomic E-state index is 4.26. The molecule has 78 valence electrons. The number of aromatic nitrogens is 3. The normalized spacial score (nSPS) is 10.5. The fourth-order valence-corrected chi connectivity index (χ4v) is 1.45. The number of aromatic amines is 1. The molecule has 0 amide bonds. The van der Waals surface area contributed by atoms with Gasteiger partial charge in [-0.25, -0.2) is 4.98 Å². The van der Waals surface area contributed by atoms with Crippen LogP contribution in [0.2, 0.25) is 0 Å². The van der Waals surface area contributed by atoms with Crippen LogP contribution < -0.4 is 5.32 Å². The standard InChI is InChI=1S/C10H11BrN4/c11-8-1-2-9(15-5-8)6-12-7-10-13-3-4-14-10/h1-5,12H,6-7H2,(H,13,14). The Morgan fingerprint density at radius 1 is 1.27 bits per heavy atom. The third-order valence-electron chi connectivity index (χ3n) is 1.94. The summed E-state index contributed by atoms with van der Waals surface area (Å²) in [6.07, 6.45) is 5.35. The molecule has 2 rings (SSSR count). The zero-order chi connectivity index (χ0) is 10.5. The lowest BCUT2D eigenvalue weighted by Gasteiger charge is -2.02. The third-order valence-corrected chi connectivity index (χ3v) is 2.41. The number of rotatable bonds is 4. The van der Waals surface area contributed by atoms with Crippen LogP contribution in [-0.2, 0) is 13.1 Å². The first-order chi connectivity index (χ1) is 7.34. The number of nitrogens with zero attached hydrogens (tertiary/aromatic N) is 2. The molecule has 0 saturated heterocycles. The third kappa shape index (κ3) is 3.14. The van der Waals surface area contributed by atoms with Gasteiger partial charge < -0.3 is 10.3 Å². The van der Waals surface area contributed by atoms with Crippen molar-refractivity contribution in [2.75, 3.05) is 0 Å². The summed E-state index contributed by atoms with van der Waals surface area (Å²) in [5.41, 5.74) is 1.02. The van der Waals surface area contributed by atoms with E-state index in [4.69, 9.17) is 0 Å². The van der Waals surface area contributed by atoms with Crippen LogP contribution in [0.5, 0.6) is 0 Å². The Morgan fingerprint density at radius 2 is 2.20 bits per heavy atom. The van der Waals surface area contributed by atoms with E-state index in [1.54, 1.807) is 12.4 Å². The molecule has 0 aliphatic carbocycles. The minimum Gasteiger partial charge on any atom is -0.348 e. The van der Waals surface area contributed by atoms with Crippen molar-refractivity contribution in [1.82, 2.24) is 20.3 Å².